The summed E-state index contributed by atoms with van der Waals surface area (Å²) < 4.78 is 0. The Kier molecular flexibility index (Phi) is 2.94. The lowest BCUT2D eigenvalue weighted by molar-refractivity contribution is -0.584. The van der Waals surface area contributed by atoms with Crippen LogP contribution in [0.4, 0.5) is 0 Å². The van der Waals surface area contributed by atoms with E-state index in [1.807, 2.05) is 0 Å². The van der Waals surface area contributed by atoms with E-state index in [-0.39, 0.29) is 0 Å². The zero-order valence-electron chi connectivity index (χ0n) is 6.70. The van der Waals surface area contributed by atoms with Gasteiger partial charge >= 0.3 is 6.23 Å². The molecular weight excluding hydrogens is 174 g/mol. The molecule has 5 nitrogen and oxygen atoms in total. The molecule has 0 aromatic heterocycles. The van der Waals surface area contributed by atoms with Gasteiger partial charge in [0.1, 0.15) is 0 Å². The molecule has 0 aliphatic rings. The Morgan fingerprint density at radius 1 is 1.23 bits per heavy atom. The van der Waals surface area contributed by atoms with Crippen molar-refractivity contribution >= 4 is 0 Å². The molecule has 0 heterocycles. The number of hydrogen-bond acceptors (Lipinski definition) is 4. The molecule has 1 rings (SSSR count). The second-order valence-electron chi connectivity index (χ2n) is 2.55. The van der Waals surface area contributed by atoms with Crippen molar-refractivity contribution in [2.24, 2.45) is 0 Å². The van der Waals surface area contributed by atoms with Crippen molar-refractivity contribution in [2.45, 2.75) is 12.3 Å². The molecule has 0 bridgehead atoms. The molecule has 1 aromatic rings. The Balaban J connectivity index is 2.79. The molecule has 13 heavy (non-hydrogen) atoms. The summed E-state index contributed by atoms with van der Waals surface area (Å²) in [6, 6.07) is 8.00. The Labute approximate surface area is 74.4 Å². The molecule has 2 N–H and O–H groups in total. The normalized spacial score (nSPS) is 14.9. The third kappa shape index (κ3) is 2.24. The van der Waals surface area contributed by atoms with Gasteiger partial charge in [-0.25, -0.2) is 0 Å². The van der Waals surface area contributed by atoms with Crippen molar-refractivity contribution in [1.82, 2.24) is 0 Å². The summed E-state index contributed by atoms with van der Waals surface area (Å²) in [5.74, 6) is 0. The topological polar surface area (TPSA) is 83.6 Å². The summed E-state index contributed by atoms with van der Waals surface area (Å²) in [7, 11) is 0. The summed E-state index contributed by atoms with van der Waals surface area (Å²) >= 11 is 0. The number of benzene rings is 1. The lowest BCUT2D eigenvalue weighted by atomic mass is 10.1. The van der Waals surface area contributed by atoms with E-state index in [0.717, 1.165) is 0 Å². The first-order chi connectivity index (χ1) is 6.13. The van der Waals surface area contributed by atoms with Crippen LogP contribution in [-0.4, -0.2) is 21.4 Å². The average Bonchev–Trinajstić information content (AvgIpc) is 2.17. The first kappa shape index (κ1) is 9.63. The fourth-order valence-corrected chi connectivity index (χ4v) is 0.938. The summed E-state index contributed by atoms with van der Waals surface area (Å²) in [5.41, 5.74) is 0.326. The molecule has 0 saturated heterocycles. The maximum absolute atomic E-state index is 10.1. The quantitative estimate of drug-likeness (QED) is 0.401. The number of rotatable bonds is 3. The highest BCUT2D eigenvalue weighted by molar-refractivity contribution is 5.17. The molecule has 0 fully saturated rings. The van der Waals surface area contributed by atoms with Gasteiger partial charge in [-0.05, 0) is 5.56 Å². The fraction of sp³-hybridized carbons (Fsp3) is 0.250. The predicted molar refractivity (Wildman–Crippen MR) is 44.4 cm³/mol. The maximum Gasteiger partial charge on any atom is 0.343 e. The van der Waals surface area contributed by atoms with Crippen LogP contribution < -0.4 is 0 Å². The van der Waals surface area contributed by atoms with Crippen LogP contribution >= 0.6 is 0 Å². The minimum Gasteiger partial charge on any atom is -0.379 e. The first-order valence-electron chi connectivity index (χ1n) is 3.67. The maximum atomic E-state index is 10.1. The van der Waals surface area contributed by atoms with Gasteiger partial charge in [-0.1, -0.05) is 30.3 Å². The van der Waals surface area contributed by atoms with Crippen LogP contribution in [0.15, 0.2) is 30.3 Å². The zero-order valence-corrected chi connectivity index (χ0v) is 6.70. The van der Waals surface area contributed by atoms with Crippen molar-refractivity contribution in [3.05, 3.63) is 46.0 Å². The third-order valence-electron chi connectivity index (χ3n) is 1.64. The van der Waals surface area contributed by atoms with Crippen LogP contribution in [0.3, 0.4) is 0 Å². The van der Waals surface area contributed by atoms with E-state index < -0.39 is 17.3 Å². The van der Waals surface area contributed by atoms with Gasteiger partial charge in [0.05, 0.1) is 4.92 Å². The second kappa shape index (κ2) is 3.97. The van der Waals surface area contributed by atoms with Crippen LogP contribution in [0.2, 0.25) is 0 Å². The number of aliphatic hydroxyl groups excluding tert-OH is 2. The van der Waals surface area contributed by atoms with Crippen LogP contribution in [0, 0.1) is 10.1 Å². The van der Waals surface area contributed by atoms with Crippen molar-refractivity contribution in [3.63, 3.8) is 0 Å². The lowest BCUT2D eigenvalue weighted by Gasteiger charge is -2.10. The average molecular weight is 183 g/mol. The van der Waals surface area contributed by atoms with Crippen molar-refractivity contribution in [2.75, 3.05) is 0 Å². The van der Waals surface area contributed by atoms with Crippen LogP contribution in [0.1, 0.15) is 11.7 Å². The van der Waals surface area contributed by atoms with Crippen molar-refractivity contribution in [1.29, 1.82) is 0 Å². The predicted octanol–water partition coefficient (Wildman–Crippen LogP) is 0.315. The molecule has 0 saturated carbocycles. The zero-order chi connectivity index (χ0) is 9.84. The molecule has 0 unspecified atom stereocenters. The monoisotopic (exact) mass is 183 g/mol. The summed E-state index contributed by atoms with van der Waals surface area (Å²) in [5, 5.41) is 28.3. The SMILES string of the molecule is O=[N+]([O-])[C@H](O)[C@@H](O)c1ccccc1. The molecule has 70 valence electrons. The third-order valence-corrected chi connectivity index (χ3v) is 1.64. The summed E-state index contributed by atoms with van der Waals surface area (Å²) in [6.45, 7) is 0. The molecule has 0 amide bonds. The smallest absolute Gasteiger partial charge is 0.343 e. The Bertz CT molecular complexity index is 287. The van der Waals surface area contributed by atoms with Crippen molar-refractivity contribution < 1.29 is 15.1 Å². The highest BCUT2D eigenvalue weighted by Gasteiger charge is 2.27. The molecule has 0 spiro atoms. The van der Waals surface area contributed by atoms with E-state index in [9.17, 15) is 15.2 Å². The van der Waals surface area contributed by atoms with E-state index >= 15 is 0 Å². The van der Waals surface area contributed by atoms with Gasteiger partial charge in [0.2, 0.25) is 0 Å². The standard InChI is InChI=1S/C8H9NO4/c10-7(8(11)9(12)13)6-4-2-1-3-5-6/h1-5,7-8,10-11H/t7-,8+/m0/s1. The van der Waals surface area contributed by atoms with Crippen LogP contribution in [0.5, 0.6) is 0 Å². The van der Waals surface area contributed by atoms with E-state index in [1.165, 1.54) is 12.1 Å². The first-order valence-corrected chi connectivity index (χ1v) is 3.67. The minimum atomic E-state index is -1.97. The lowest BCUT2D eigenvalue weighted by Crippen LogP contribution is -2.26. The van der Waals surface area contributed by atoms with Crippen LogP contribution in [-0.2, 0) is 0 Å². The van der Waals surface area contributed by atoms with Gasteiger partial charge < -0.3 is 10.2 Å². The van der Waals surface area contributed by atoms with Gasteiger partial charge in [0, 0.05) is 0 Å². The van der Waals surface area contributed by atoms with E-state index in [0.29, 0.717) is 5.56 Å². The highest BCUT2D eigenvalue weighted by atomic mass is 16.7. The van der Waals surface area contributed by atoms with Crippen LogP contribution in [0.25, 0.3) is 0 Å². The highest BCUT2D eigenvalue weighted by Crippen LogP contribution is 2.16. The summed E-state index contributed by atoms with van der Waals surface area (Å²) in [6.07, 6.45) is -3.45. The van der Waals surface area contributed by atoms with Gasteiger partial charge in [0.15, 0.2) is 6.10 Å². The molecular formula is C8H9NO4. The molecule has 0 aliphatic heterocycles. The molecule has 0 aliphatic carbocycles. The molecule has 1 aromatic carbocycles. The molecule has 0 radical (unpaired) electrons. The Morgan fingerprint density at radius 3 is 2.23 bits per heavy atom. The molecule has 2 atom stereocenters. The number of nitrogens with zero attached hydrogens (tertiary/aromatic N) is 1. The van der Waals surface area contributed by atoms with Gasteiger partial charge in [-0.3, -0.25) is 10.1 Å². The van der Waals surface area contributed by atoms with E-state index in [2.05, 4.69) is 0 Å². The fourth-order valence-electron chi connectivity index (χ4n) is 0.938. The number of nitro groups is 1. The Morgan fingerprint density at radius 2 is 1.77 bits per heavy atom. The van der Waals surface area contributed by atoms with Gasteiger partial charge in [0.25, 0.3) is 0 Å². The number of hydrogen-bond donors (Lipinski definition) is 2. The number of aliphatic hydroxyl groups is 2. The van der Waals surface area contributed by atoms with E-state index in [1.54, 1.807) is 18.2 Å². The second-order valence-corrected chi connectivity index (χ2v) is 2.55. The minimum absolute atomic E-state index is 0.326. The van der Waals surface area contributed by atoms with Crippen molar-refractivity contribution in [3.8, 4) is 0 Å². The molecule has 5 heteroatoms. The largest absolute Gasteiger partial charge is 0.379 e. The van der Waals surface area contributed by atoms with Gasteiger partial charge in [-0.15, -0.1) is 0 Å². The summed E-state index contributed by atoms with van der Waals surface area (Å²) in [4.78, 5) is 9.18. The van der Waals surface area contributed by atoms with Gasteiger partial charge in [-0.2, -0.15) is 0 Å². The Hall–Kier alpha value is -1.46. The van der Waals surface area contributed by atoms with E-state index in [4.69, 9.17) is 5.11 Å².